The van der Waals surface area contributed by atoms with Crippen molar-refractivity contribution in [3.05, 3.63) is 0 Å². The molecule has 3 heteroatoms. The fourth-order valence-electron chi connectivity index (χ4n) is 1.16. The van der Waals surface area contributed by atoms with Crippen molar-refractivity contribution in [2.45, 2.75) is 53.7 Å². The van der Waals surface area contributed by atoms with Crippen LogP contribution in [0.25, 0.3) is 0 Å². The van der Waals surface area contributed by atoms with E-state index >= 15 is 0 Å². The second-order valence-corrected chi connectivity index (χ2v) is 7.20. The first kappa shape index (κ1) is 16.3. The molecule has 16 heavy (non-hydrogen) atoms. The molecule has 0 spiro atoms. The third-order valence-electron chi connectivity index (χ3n) is 2.48. The number of thioether (sulfide) groups is 1. The van der Waals surface area contributed by atoms with Crippen molar-refractivity contribution in [3.63, 3.8) is 0 Å². The van der Waals surface area contributed by atoms with Crippen molar-refractivity contribution < 1.29 is 5.11 Å². The smallest absolute Gasteiger partial charge is 0.0712 e. The molecule has 0 saturated carbocycles. The molecule has 2 unspecified atom stereocenters. The lowest BCUT2D eigenvalue weighted by molar-refractivity contribution is 0.0615. The van der Waals surface area contributed by atoms with Crippen LogP contribution in [0.1, 0.15) is 41.5 Å². The first-order valence-corrected chi connectivity index (χ1v) is 7.38. The minimum atomic E-state index is -0.273. The van der Waals surface area contributed by atoms with E-state index in [0.717, 1.165) is 11.7 Å². The normalized spacial score (nSPS) is 16.5. The third kappa shape index (κ3) is 8.43. The lowest BCUT2D eigenvalue weighted by Crippen LogP contribution is -2.41. The standard InChI is InChI=1S/C13H29NOS/c1-10(2)8-16-9-11(3)14-7-12(15)13(4,5)6/h10-12,14-15H,7-9H2,1-6H3. The molecule has 0 aromatic heterocycles. The molecule has 0 aliphatic heterocycles. The van der Waals surface area contributed by atoms with Gasteiger partial charge in [0.2, 0.25) is 0 Å². The van der Waals surface area contributed by atoms with Gasteiger partial charge in [0.15, 0.2) is 0 Å². The summed E-state index contributed by atoms with van der Waals surface area (Å²) in [5.74, 6) is 3.10. The number of aliphatic hydroxyl groups is 1. The predicted molar refractivity (Wildman–Crippen MR) is 75.1 cm³/mol. The Bertz CT molecular complexity index is 177. The Balaban J connectivity index is 3.61. The number of nitrogens with one attached hydrogen (secondary N) is 1. The highest BCUT2D eigenvalue weighted by atomic mass is 32.2. The molecule has 0 radical (unpaired) electrons. The predicted octanol–water partition coefficient (Wildman–Crippen LogP) is 2.76. The summed E-state index contributed by atoms with van der Waals surface area (Å²) in [6, 6.07) is 0.473. The Kier molecular flexibility index (Phi) is 7.70. The highest BCUT2D eigenvalue weighted by Gasteiger charge is 2.21. The van der Waals surface area contributed by atoms with Crippen LogP contribution in [-0.2, 0) is 0 Å². The molecular weight excluding hydrogens is 218 g/mol. The van der Waals surface area contributed by atoms with Gasteiger partial charge >= 0.3 is 0 Å². The van der Waals surface area contributed by atoms with Crippen LogP contribution in [0.3, 0.4) is 0 Å². The summed E-state index contributed by atoms with van der Waals surface area (Å²) in [6.07, 6.45) is -0.273. The molecule has 0 rings (SSSR count). The fourth-order valence-corrected chi connectivity index (χ4v) is 2.24. The van der Waals surface area contributed by atoms with E-state index in [1.807, 2.05) is 11.8 Å². The van der Waals surface area contributed by atoms with E-state index in [1.54, 1.807) is 0 Å². The molecule has 2 atom stereocenters. The fraction of sp³-hybridized carbons (Fsp3) is 1.00. The van der Waals surface area contributed by atoms with Gasteiger partial charge in [0.05, 0.1) is 6.10 Å². The molecular formula is C13H29NOS. The average molecular weight is 247 g/mol. The lowest BCUT2D eigenvalue weighted by atomic mass is 9.89. The molecule has 0 heterocycles. The molecule has 0 bridgehead atoms. The summed E-state index contributed by atoms with van der Waals surface area (Å²) in [5, 5.41) is 13.3. The zero-order valence-electron chi connectivity index (χ0n) is 11.7. The molecule has 0 amide bonds. The molecule has 98 valence electrons. The first-order valence-electron chi connectivity index (χ1n) is 6.22. The van der Waals surface area contributed by atoms with Crippen LogP contribution < -0.4 is 5.32 Å². The van der Waals surface area contributed by atoms with Gasteiger partial charge in [-0.15, -0.1) is 0 Å². The van der Waals surface area contributed by atoms with Crippen molar-refractivity contribution in [1.29, 1.82) is 0 Å². The zero-order chi connectivity index (χ0) is 12.8. The third-order valence-corrected chi connectivity index (χ3v) is 4.12. The van der Waals surface area contributed by atoms with Gasteiger partial charge in [-0.05, 0) is 24.0 Å². The molecule has 0 aliphatic carbocycles. The summed E-state index contributed by atoms with van der Waals surface area (Å²) in [5.41, 5.74) is -0.0300. The highest BCUT2D eigenvalue weighted by Crippen LogP contribution is 2.18. The molecule has 0 saturated heterocycles. The van der Waals surface area contributed by atoms with E-state index in [-0.39, 0.29) is 11.5 Å². The minimum absolute atomic E-state index is 0.0300. The Morgan fingerprint density at radius 2 is 1.69 bits per heavy atom. The number of rotatable bonds is 7. The van der Waals surface area contributed by atoms with Gasteiger partial charge in [0, 0.05) is 18.3 Å². The van der Waals surface area contributed by atoms with Crippen LogP contribution >= 0.6 is 11.8 Å². The quantitative estimate of drug-likeness (QED) is 0.725. The maximum absolute atomic E-state index is 9.88. The largest absolute Gasteiger partial charge is 0.391 e. The molecule has 0 fully saturated rings. The number of hydrogen-bond donors (Lipinski definition) is 2. The van der Waals surface area contributed by atoms with E-state index in [4.69, 9.17) is 0 Å². The van der Waals surface area contributed by atoms with Crippen LogP contribution in [0.2, 0.25) is 0 Å². The van der Waals surface area contributed by atoms with Gasteiger partial charge in [0.25, 0.3) is 0 Å². The number of hydrogen-bond acceptors (Lipinski definition) is 3. The van der Waals surface area contributed by atoms with Crippen LogP contribution in [0.15, 0.2) is 0 Å². The summed E-state index contributed by atoms with van der Waals surface area (Å²) >= 11 is 1.98. The lowest BCUT2D eigenvalue weighted by Gasteiger charge is -2.27. The van der Waals surface area contributed by atoms with E-state index in [1.165, 1.54) is 5.75 Å². The summed E-state index contributed by atoms with van der Waals surface area (Å²) in [7, 11) is 0. The van der Waals surface area contributed by atoms with Crippen molar-refractivity contribution in [3.8, 4) is 0 Å². The van der Waals surface area contributed by atoms with E-state index in [0.29, 0.717) is 12.6 Å². The SMILES string of the molecule is CC(C)CSCC(C)NCC(O)C(C)(C)C. The maximum atomic E-state index is 9.88. The average Bonchev–Trinajstić information content (AvgIpc) is 2.11. The maximum Gasteiger partial charge on any atom is 0.0712 e. The topological polar surface area (TPSA) is 32.3 Å². The zero-order valence-corrected chi connectivity index (χ0v) is 12.5. The minimum Gasteiger partial charge on any atom is -0.391 e. The van der Waals surface area contributed by atoms with E-state index in [9.17, 15) is 5.11 Å². The molecule has 2 nitrogen and oxygen atoms in total. The monoisotopic (exact) mass is 247 g/mol. The molecule has 0 aliphatic rings. The summed E-state index contributed by atoms with van der Waals surface area (Å²) in [4.78, 5) is 0. The van der Waals surface area contributed by atoms with Crippen molar-refractivity contribution in [2.24, 2.45) is 11.3 Å². The molecule has 2 N–H and O–H groups in total. The molecule has 0 aromatic rings. The Morgan fingerprint density at radius 3 is 2.12 bits per heavy atom. The number of aliphatic hydroxyl groups excluding tert-OH is 1. The highest BCUT2D eigenvalue weighted by molar-refractivity contribution is 7.99. The second-order valence-electron chi connectivity index (χ2n) is 6.12. The first-order chi connectivity index (χ1) is 7.23. The molecule has 0 aromatic carbocycles. The van der Waals surface area contributed by atoms with E-state index < -0.39 is 0 Å². The van der Waals surface area contributed by atoms with Gasteiger partial charge in [-0.1, -0.05) is 34.6 Å². The van der Waals surface area contributed by atoms with Crippen molar-refractivity contribution in [2.75, 3.05) is 18.1 Å². The van der Waals surface area contributed by atoms with E-state index in [2.05, 4.69) is 46.9 Å². The van der Waals surface area contributed by atoms with Gasteiger partial charge in [-0.25, -0.2) is 0 Å². The van der Waals surface area contributed by atoms with Crippen LogP contribution in [0.4, 0.5) is 0 Å². The van der Waals surface area contributed by atoms with Crippen LogP contribution in [-0.4, -0.2) is 35.3 Å². The second kappa shape index (κ2) is 7.57. The Labute approximate surface area is 106 Å². The Morgan fingerprint density at radius 1 is 1.12 bits per heavy atom. The van der Waals surface area contributed by atoms with Crippen LogP contribution in [0.5, 0.6) is 0 Å². The van der Waals surface area contributed by atoms with Gasteiger partial charge in [-0.3, -0.25) is 0 Å². The van der Waals surface area contributed by atoms with Gasteiger partial charge in [0.1, 0.15) is 0 Å². The van der Waals surface area contributed by atoms with Gasteiger partial charge in [-0.2, -0.15) is 11.8 Å². The Hall–Kier alpha value is 0.270. The van der Waals surface area contributed by atoms with Crippen molar-refractivity contribution in [1.82, 2.24) is 5.32 Å². The summed E-state index contributed by atoms with van der Waals surface area (Å²) in [6.45, 7) is 13.6. The van der Waals surface area contributed by atoms with Crippen molar-refractivity contribution >= 4 is 11.8 Å². The van der Waals surface area contributed by atoms with Gasteiger partial charge < -0.3 is 10.4 Å². The van der Waals surface area contributed by atoms with Crippen LogP contribution in [0, 0.1) is 11.3 Å². The summed E-state index contributed by atoms with van der Waals surface area (Å²) < 4.78 is 0.